The van der Waals surface area contributed by atoms with Crippen LogP contribution in [0.2, 0.25) is 5.02 Å². The molecule has 0 aliphatic carbocycles. The highest BCUT2D eigenvalue weighted by Crippen LogP contribution is 2.39. The first-order valence-electron chi connectivity index (χ1n) is 11.2. The van der Waals surface area contributed by atoms with E-state index in [9.17, 15) is 9.59 Å². The standard InChI is InChI=1S/C25H25ClN2O5/c1-31-18-5-2-4-16(14-18)22-21-23(29)19-15-17(26)6-7-20(19)33-24(21)25(30)28(22)9-3-8-27-10-12-32-13-11-27/h2,4-7,14-15,22H,3,8-13H2,1H3/p+1. The molecule has 0 bridgehead atoms. The predicted molar refractivity (Wildman–Crippen MR) is 124 cm³/mol. The van der Waals surface area contributed by atoms with Gasteiger partial charge in [-0.15, -0.1) is 0 Å². The quantitative estimate of drug-likeness (QED) is 0.599. The zero-order valence-electron chi connectivity index (χ0n) is 18.4. The van der Waals surface area contributed by atoms with Crippen molar-refractivity contribution in [2.75, 3.05) is 46.5 Å². The van der Waals surface area contributed by atoms with Crippen molar-refractivity contribution in [3.05, 3.63) is 74.6 Å². The van der Waals surface area contributed by atoms with Gasteiger partial charge in [-0.2, -0.15) is 0 Å². The molecule has 5 rings (SSSR count). The number of nitrogens with one attached hydrogen (secondary N) is 1. The second-order valence-corrected chi connectivity index (χ2v) is 8.89. The van der Waals surface area contributed by atoms with Crippen molar-refractivity contribution < 1.29 is 23.6 Å². The summed E-state index contributed by atoms with van der Waals surface area (Å²) >= 11 is 6.15. The molecular formula is C25H26ClN2O5+. The third-order valence-electron chi connectivity index (χ3n) is 6.47. The molecule has 0 saturated carbocycles. The smallest absolute Gasteiger partial charge is 0.290 e. The van der Waals surface area contributed by atoms with Gasteiger partial charge in [0.15, 0.2) is 5.43 Å². The second kappa shape index (κ2) is 9.17. The average Bonchev–Trinajstić information content (AvgIpc) is 3.12. The molecule has 3 aromatic rings. The fraction of sp³-hybridized carbons (Fsp3) is 0.360. The maximum absolute atomic E-state index is 13.6. The van der Waals surface area contributed by atoms with Gasteiger partial charge in [0.2, 0.25) is 5.76 Å². The Bertz CT molecular complexity index is 1250. The van der Waals surface area contributed by atoms with E-state index in [4.69, 9.17) is 25.5 Å². The molecule has 8 heteroatoms. The summed E-state index contributed by atoms with van der Waals surface area (Å²) in [5.41, 5.74) is 1.31. The molecule has 1 atom stereocenters. The summed E-state index contributed by atoms with van der Waals surface area (Å²) in [6.07, 6.45) is 0.815. The number of hydrogen-bond donors (Lipinski definition) is 1. The number of fused-ring (bicyclic) bond motifs is 2. The first-order valence-corrected chi connectivity index (χ1v) is 11.6. The molecule has 0 spiro atoms. The van der Waals surface area contributed by atoms with Crippen molar-refractivity contribution in [3.8, 4) is 5.75 Å². The van der Waals surface area contributed by atoms with Crippen LogP contribution in [0.3, 0.4) is 0 Å². The molecule has 1 aromatic heterocycles. The van der Waals surface area contributed by atoms with Crippen molar-refractivity contribution in [1.82, 2.24) is 4.90 Å². The molecule has 7 nitrogen and oxygen atoms in total. The lowest BCUT2D eigenvalue weighted by molar-refractivity contribution is -0.908. The summed E-state index contributed by atoms with van der Waals surface area (Å²) in [4.78, 5) is 30.3. The maximum Gasteiger partial charge on any atom is 0.290 e. The monoisotopic (exact) mass is 469 g/mol. The highest BCUT2D eigenvalue weighted by atomic mass is 35.5. The fourth-order valence-corrected chi connectivity index (χ4v) is 4.96. The molecule has 1 unspecified atom stereocenters. The van der Waals surface area contributed by atoms with E-state index in [1.54, 1.807) is 30.2 Å². The van der Waals surface area contributed by atoms with Gasteiger partial charge in [0, 0.05) is 18.0 Å². The Morgan fingerprint density at radius 1 is 1.15 bits per heavy atom. The SMILES string of the molecule is COc1cccc(C2c3c(oc4ccc(Cl)cc4c3=O)C(=O)N2CCC[NH+]2CCOCC2)c1. The van der Waals surface area contributed by atoms with Crippen molar-refractivity contribution in [1.29, 1.82) is 0 Å². The normalized spacial score (nSPS) is 18.7. The molecule has 172 valence electrons. The number of halogens is 1. The lowest BCUT2D eigenvalue weighted by Crippen LogP contribution is -3.14. The predicted octanol–water partition coefficient (Wildman–Crippen LogP) is 2.31. The van der Waals surface area contributed by atoms with Gasteiger partial charge in [-0.25, -0.2) is 0 Å². The van der Waals surface area contributed by atoms with Crippen LogP contribution in [-0.4, -0.2) is 57.3 Å². The van der Waals surface area contributed by atoms with Gasteiger partial charge in [0.05, 0.1) is 43.9 Å². The van der Waals surface area contributed by atoms with Gasteiger partial charge in [-0.1, -0.05) is 23.7 Å². The number of benzene rings is 2. The molecule has 1 amide bonds. The van der Waals surface area contributed by atoms with Gasteiger partial charge in [0.25, 0.3) is 5.91 Å². The number of morpholine rings is 1. The number of hydrogen-bond acceptors (Lipinski definition) is 5. The maximum atomic E-state index is 13.6. The van der Waals surface area contributed by atoms with Crippen LogP contribution in [-0.2, 0) is 4.74 Å². The van der Waals surface area contributed by atoms with Crippen LogP contribution in [0.15, 0.2) is 51.7 Å². The second-order valence-electron chi connectivity index (χ2n) is 8.46. The van der Waals surface area contributed by atoms with Crippen LogP contribution in [0, 0.1) is 0 Å². The molecule has 1 N–H and O–H groups in total. The van der Waals surface area contributed by atoms with E-state index in [0.717, 1.165) is 44.8 Å². The van der Waals surface area contributed by atoms with E-state index in [0.29, 0.717) is 33.8 Å². The summed E-state index contributed by atoms with van der Waals surface area (Å²) in [5.74, 6) is 0.518. The number of rotatable bonds is 6. The van der Waals surface area contributed by atoms with Crippen LogP contribution in [0.5, 0.6) is 5.75 Å². The topological polar surface area (TPSA) is 73.4 Å². The van der Waals surface area contributed by atoms with Crippen molar-refractivity contribution in [3.63, 3.8) is 0 Å². The Kier molecular flexibility index (Phi) is 6.10. The molecule has 2 aliphatic rings. The molecule has 1 saturated heterocycles. The van der Waals surface area contributed by atoms with Gasteiger partial charge >= 0.3 is 0 Å². The zero-order chi connectivity index (χ0) is 22.9. The molecule has 2 aromatic carbocycles. The van der Waals surface area contributed by atoms with E-state index in [2.05, 4.69) is 0 Å². The first kappa shape index (κ1) is 21.9. The van der Waals surface area contributed by atoms with Crippen molar-refractivity contribution in [2.45, 2.75) is 12.5 Å². The Labute approximate surface area is 196 Å². The highest BCUT2D eigenvalue weighted by Gasteiger charge is 2.42. The van der Waals surface area contributed by atoms with Gasteiger partial charge < -0.3 is 23.7 Å². The Balaban J connectivity index is 1.55. The van der Waals surface area contributed by atoms with E-state index in [-0.39, 0.29) is 17.1 Å². The molecule has 3 heterocycles. The minimum Gasteiger partial charge on any atom is -0.497 e. The van der Waals surface area contributed by atoms with Crippen molar-refractivity contribution in [2.24, 2.45) is 0 Å². The third kappa shape index (κ3) is 4.12. The Hall–Kier alpha value is -2.87. The number of nitrogens with zero attached hydrogens (tertiary/aromatic N) is 1. The van der Waals surface area contributed by atoms with E-state index >= 15 is 0 Å². The highest BCUT2D eigenvalue weighted by molar-refractivity contribution is 6.31. The van der Waals surface area contributed by atoms with Gasteiger partial charge in [-0.3, -0.25) is 9.59 Å². The Morgan fingerprint density at radius 3 is 2.76 bits per heavy atom. The zero-order valence-corrected chi connectivity index (χ0v) is 19.2. The van der Waals surface area contributed by atoms with E-state index < -0.39 is 6.04 Å². The number of amides is 1. The number of ether oxygens (including phenoxy) is 2. The number of methoxy groups -OCH3 is 1. The average molecular weight is 470 g/mol. The summed E-state index contributed by atoms with van der Waals surface area (Å²) in [7, 11) is 1.60. The van der Waals surface area contributed by atoms with Crippen molar-refractivity contribution >= 4 is 28.5 Å². The molecule has 2 aliphatic heterocycles. The summed E-state index contributed by atoms with van der Waals surface area (Å²) in [5, 5.41) is 0.823. The molecule has 0 radical (unpaired) electrons. The van der Waals surface area contributed by atoms with Crippen LogP contribution < -0.4 is 15.1 Å². The van der Waals surface area contributed by atoms with E-state index in [1.165, 1.54) is 4.90 Å². The third-order valence-corrected chi connectivity index (χ3v) is 6.70. The number of carbonyl (C=O) groups excluding carboxylic acids is 1. The number of carbonyl (C=O) groups is 1. The summed E-state index contributed by atoms with van der Waals surface area (Å²) in [6, 6.07) is 11.8. The minimum atomic E-state index is -0.540. The summed E-state index contributed by atoms with van der Waals surface area (Å²) in [6.45, 7) is 4.94. The van der Waals surface area contributed by atoms with Gasteiger partial charge in [0.1, 0.15) is 24.4 Å². The number of quaternary nitrogens is 1. The lowest BCUT2D eigenvalue weighted by atomic mass is 9.98. The minimum absolute atomic E-state index is 0.112. The lowest BCUT2D eigenvalue weighted by Gasteiger charge is -2.27. The molecule has 1 fully saturated rings. The van der Waals surface area contributed by atoms with E-state index in [1.807, 2.05) is 24.3 Å². The van der Waals surface area contributed by atoms with Gasteiger partial charge in [-0.05, 0) is 35.9 Å². The van der Waals surface area contributed by atoms with Crippen LogP contribution in [0.4, 0.5) is 0 Å². The Morgan fingerprint density at radius 2 is 1.97 bits per heavy atom. The molecular weight excluding hydrogens is 444 g/mol. The van der Waals surface area contributed by atoms with Crippen LogP contribution in [0.25, 0.3) is 11.0 Å². The largest absolute Gasteiger partial charge is 0.497 e. The van der Waals surface area contributed by atoms with Crippen LogP contribution in [0.1, 0.15) is 34.1 Å². The summed E-state index contributed by atoms with van der Waals surface area (Å²) < 4.78 is 16.8. The molecule has 33 heavy (non-hydrogen) atoms. The van der Waals surface area contributed by atoms with Crippen LogP contribution >= 0.6 is 11.6 Å². The fourth-order valence-electron chi connectivity index (χ4n) is 4.79. The first-order chi connectivity index (χ1) is 16.1.